The minimum Gasteiger partial charge on any atom is -0.497 e. The van der Waals surface area contributed by atoms with Gasteiger partial charge in [-0.15, -0.1) is 11.8 Å². The Hall–Kier alpha value is -1.98. The number of rotatable bonds is 4. The number of benzene rings is 2. The van der Waals surface area contributed by atoms with Crippen LogP contribution >= 0.6 is 11.8 Å². The highest BCUT2D eigenvalue weighted by Gasteiger charge is 2.45. The molecule has 1 aliphatic heterocycles. The van der Waals surface area contributed by atoms with Gasteiger partial charge in [-0.25, -0.2) is 0 Å². The van der Waals surface area contributed by atoms with Crippen molar-refractivity contribution in [1.29, 1.82) is 0 Å². The Bertz CT molecular complexity index is 641. The summed E-state index contributed by atoms with van der Waals surface area (Å²) >= 11 is 1.30. The van der Waals surface area contributed by atoms with Crippen LogP contribution in [-0.2, 0) is 9.53 Å². The highest BCUT2D eigenvalue weighted by molar-refractivity contribution is 8.00. The molecule has 0 bridgehead atoms. The van der Waals surface area contributed by atoms with E-state index < -0.39 is 17.5 Å². The van der Waals surface area contributed by atoms with Gasteiger partial charge in [0.05, 0.1) is 7.11 Å². The van der Waals surface area contributed by atoms with Gasteiger partial charge in [0.15, 0.2) is 6.10 Å². The van der Waals surface area contributed by atoms with Gasteiger partial charge in [-0.1, -0.05) is 30.3 Å². The molecular weight excluding hydrogens is 300 g/mol. The zero-order chi connectivity index (χ0) is 15.5. The second kappa shape index (κ2) is 6.42. The van der Waals surface area contributed by atoms with Crippen LogP contribution in [-0.4, -0.2) is 29.5 Å². The number of methoxy groups -OCH3 is 1. The second-order valence-corrected chi connectivity index (χ2v) is 6.19. The van der Waals surface area contributed by atoms with E-state index in [1.807, 2.05) is 54.6 Å². The van der Waals surface area contributed by atoms with E-state index in [1.165, 1.54) is 11.8 Å². The first-order valence-corrected chi connectivity index (χ1v) is 7.81. The smallest absolute Gasteiger partial charge is 0.322 e. The first-order chi connectivity index (χ1) is 10.7. The molecule has 4 nitrogen and oxygen atoms in total. The number of cyclic esters (lactones) is 1. The number of carbonyl (C=O) groups excluding carboxylic acids is 1. The minimum atomic E-state index is -0.873. The van der Waals surface area contributed by atoms with Crippen LogP contribution in [0.4, 0.5) is 0 Å². The normalized spacial score (nSPS) is 24.1. The molecule has 1 saturated heterocycles. The Labute approximate surface area is 133 Å². The monoisotopic (exact) mass is 316 g/mol. The molecule has 0 spiro atoms. The van der Waals surface area contributed by atoms with Gasteiger partial charge < -0.3 is 14.6 Å². The van der Waals surface area contributed by atoms with E-state index in [4.69, 9.17) is 9.47 Å². The highest BCUT2D eigenvalue weighted by Crippen LogP contribution is 2.39. The molecule has 5 heteroatoms. The molecule has 114 valence electrons. The zero-order valence-corrected chi connectivity index (χ0v) is 12.8. The number of hydrogen-bond donors (Lipinski definition) is 1. The number of esters is 1. The maximum atomic E-state index is 12.1. The Balaban J connectivity index is 1.75. The van der Waals surface area contributed by atoms with Crippen molar-refractivity contribution in [3.63, 3.8) is 0 Å². The molecule has 22 heavy (non-hydrogen) atoms. The maximum Gasteiger partial charge on any atom is 0.322 e. The standard InChI is InChI=1S/C17H16O4S/c1-20-12-7-9-13(10-8-12)22-16-14(18)15(21-17(16)19)11-5-3-2-4-6-11/h2-10,14-16,18H,1H3/t14-,15+,16-/m1/s1. The Kier molecular flexibility index (Phi) is 4.36. The summed E-state index contributed by atoms with van der Waals surface area (Å²) in [6, 6.07) is 16.7. The maximum absolute atomic E-state index is 12.1. The molecule has 0 unspecified atom stereocenters. The number of thioether (sulfide) groups is 1. The molecule has 1 heterocycles. The molecule has 3 rings (SSSR count). The quantitative estimate of drug-likeness (QED) is 0.879. The van der Waals surface area contributed by atoms with Crippen LogP contribution in [0, 0.1) is 0 Å². The number of aliphatic hydroxyl groups is 1. The SMILES string of the molecule is COc1ccc(S[C@H]2C(=O)O[C@@H](c3ccccc3)[C@H]2O)cc1. The number of aliphatic hydroxyl groups excluding tert-OH is 1. The summed E-state index contributed by atoms with van der Waals surface area (Å²) in [6.07, 6.45) is -1.48. The van der Waals surface area contributed by atoms with Crippen molar-refractivity contribution in [1.82, 2.24) is 0 Å². The van der Waals surface area contributed by atoms with Gasteiger partial charge >= 0.3 is 5.97 Å². The summed E-state index contributed by atoms with van der Waals surface area (Å²) in [4.78, 5) is 13.0. The van der Waals surface area contributed by atoms with Crippen LogP contribution < -0.4 is 4.74 Å². The largest absolute Gasteiger partial charge is 0.497 e. The molecule has 3 atom stereocenters. The Morgan fingerprint density at radius 3 is 2.41 bits per heavy atom. The Morgan fingerprint density at radius 2 is 1.77 bits per heavy atom. The van der Waals surface area contributed by atoms with Crippen molar-refractivity contribution in [2.75, 3.05) is 7.11 Å². The fourth-order valence-corrected chi connectivity index (χ4v) is 3.41. The van der Waals surface area contributed by atoms with E-state index in [1.54, 1.807) is 7.11 Å². The molecule has 1 aliphatic rings. The summed E-state index contributed by atoms with van der Waals surface area (Å²) in [5.41, 5.74) is 0.807. The van der Waals surface area contributed by atoms with Crippen LogP contribution in [0.15, 0.2) is 59.5 Å². The van der Waals surface area contributed by atoms with Crippen molar-refractivity contribution in [2.45, 2.75) is 22.4 Å². The average molecular weight is 316 g/mol. The third-order valence-corrected chi connectivity index (χ3v) is 4.82. The van der Waals surface area contributed by atoms with Crippen LogP contribution in [0.25, 0.3) is 0 Å². The third-order valence-electron chi connectivity index (χ3n) is 3.55. The van der Waals surface area contributed by atoms with E-state index in [-0.39, 0.29) is 5.97 Å². The summed E-state index contributed by atoms with van der Waals surface area (Å²) in [5, 5.41) is 9.82. The van der Waals surface area contributed by atoms with Gasteiger partial charge in [-0.05, 0) is 29.8 Å². The first-order valence-electron chi connectivity index (χ1n) is 6.93. The Morgan fingerprint density at radius 1 is 1.09 bits per heavy atom. The van der Waals surface area contributed by atoms with E-state index in [2.05, 4.69) is 0 Å². The minimum absolute atomic E-state index is 0.387. The van der Waals surface area contributed by atoms with E-state index in [9.17, 15) is 9.90 Å². The van der Waals surface area contributed by atoms with Crippen LogP contribution in [0.1, 0.15) is 11.7 Å². The lowest BCUT2D eigenvalue weighted by molar-refractivity contribution is -0.141. The number of hydrogen-bond acceptors (Lipinski definition) is 5. The van der Waals surface area contributed by atoms with Gasteiger partial charge in [-0.3, -0.25) is 4.79 Å². The van der Waals surface area contributed by atoms with Crippen LogP contribution in [0.2, 0.25) is 0 Å². The van der Waals surface area contributed by atoms with Gasteiger partial charge in [0, 0.05) is 4.90 Å². The van der Waals surface area contributed by atoms with Gasteiger partial charge in [-0.2, -0.15) is 0 Å². The van der Waals surface area contributed by atoms with Crippen molar-refractivity contribution in [3.8, 4) is 5.75 Å². The highest BCUT2D eigenvalue weighted by atomic mass is 32.2. The molecule has 2 aromatic carbocycles. The van der Waals surface area contributed by atoms with Gasteiger partial charge in [0.25, 0.3) is 0 Å². The average Bonchev–Trinajstić information content (AvgIpc) is 2.84. The zero-order valence-electron chi connectivity index (χ0n) is 12.0. The molecule has 2 aromatic rings. The van der Waals surface area contributed by atoms with Crippen LogP contribution in [0.3, 0.4) is 0 Å². The van der Waals surface area contributed by atoms with E-state index >= 15 is 0 Å². The molecule has 0 radical (unpaired) electrons. The molecule has 1 fully saturated rings. The van der Waals surface area contributed by atoms with Crippen molar-refractivity contribution < 1.29 is 19.4 Å². The predicted molar refractivity (Wildman–Crippen MR) is 83.9 cm³/mol. The van der Waals surface area contributed by atoms with Gasteiger partial charge in [0.1, 0.15) is 17.1 Å². The van der Waals surface area contributed by atoms with Crippen molar-refractivity contribution >= 4 is 17.7 Å². The lowest BCUT2D eigenvalue weighted by atomic mass is 10.0. The molecule has 0 aliphatic carbocycles. The molecule has 1 N–H and O–H groups in total. The van der Waals surface area contributed by atoms with E-state index in [0.29, 0.717) is 0 Å². The van der Waals surface area contributed by atoms with Gasteiger partial charge in [0.2, 0.25) is 0 Å². The fourth-order valence-electron chi connectivity index (χ4n) is 2.39. The molecular formula is C17H16O4S. The lowest BCUT2D eigenvalue weighted by Gasteiger charge is -2.15. The number of carbonyl (C=O) groups is 1. The topological polar surface area (TPSA) is 55.8 Å². The third kappa shape index (κ3) is 2.96. The summed E-state index contributed by atoms with van der Waals surface area (Å²) in [7, 11) is 1.60. The van der Waals surface area contributed by atoms with E-state index in [0.717, 1.165) is 16.2 Å². The fraction of sp³-hybridized carbons (Fsp3) is 0.235. The predicted octanol–water partition coefficient (Wildman–Crippen LogP) is 2.81. The lowest BCUT2D eigenvalue weighted by Crippen LogP contribution is -2.24. The summed E-state index contributed by atoms with van der Waals surface area (Å²) < 4.78 is 10.5. The van der Waals surface area contributed by atoms with Crippen molar-refractivity contribution in [2.24, 2.45) is 0 Å². The van der Waals surface area contributed by atoms with Crippen LogP contribution in [0.5, 0.6) is 5.75 Å². The second-order valence-electron chi connectivity index (χ2n) is 4.97. The number of ether oxygens (including phenoxy) is 2. The summed E-state index contributed by atoms with van der Waals surface area (Å²) in [6.45, 7) is 0. The molecule has 0 saturated carbocycles. The molecule has 0 aromatic heterocycles. The summed E-state index contributed by atoms with van der Waals surface area (Å²) in [5.74, 6) is 0.364. The first kappa shape index (κ1) is 14.9. The molecule has 0 amide bonds. The van der Waals surface area contributed by atoms with Crippen molar-refractivity contribution in [3.05, 3.63) is 60.2 Å².